The zero-order valence-corrected chi connectivity index (χ0v) is 13.6. The van der Waals surface area contributed by atoms with E-state index in [4.69, 9.17) is 0 Å². The summed E-state index contributed by atoms with van der Waals surface area (Å²) in [5.74, 6) is 0.325. The fraction of sp³-hybridized carbons (Fsp3) is 0.812. The van der Waals surface area contributed by atoms with Gasteiger partial charge in [-0.3, -0.25) is 4.79 Å². The zero-order valence-electron chi connectivity index (χ0n) is 13.6. The predicted molar refractivity (Wildman–Crippen MR) is 84.8 cm³/mol. The Bertz CT molecular complexity index is 326. The summed E-state index contributed by atoms with van der Waals surface area (Å²) < 4.78 is 0. The van der Waals surface area contributed by atoms with E-state index in [-0.39, 0.29) is 5.41 Å². The highest BCUT2D eigenvalue weighted by molar-refractivity contribution is 5.78. The Kier molecular flexibility index (Phi) is 6.69. The van der Waals surface area contributed by atoms with E-state index in [0.29, 0.717) is 18.4 Å². The minimum atomic E-state index is 0.135. The minimum Gasteiger partial charge on any atom is -0.339 e. The van der Waals surface area contributed by atoms with Gasteiger partial charge in [-0.2, -0.15) is 0 Å². The van der Waals surface area contributed by atoms with Crippen molar-refractivity contribution < 1.29 is 4.79 Å². The largest absolute Gasteiger partial charge is 0.339 e. The molecule has 1 amide bonds. The number of carbonyl (C=O) groups excluding carboxylic acids is 1. The van der Waals surface area contributed by atoms with Crippen molar-refractivity contribution in [3.8, 4) is 0 Å². The van der Waals surface area contributed by atoms with Crippen LogP contribution in [0.5, 0.6) is 0 Å². The van der Waals surface area contributed by atoms with Gasteiger partial charge in [0.1, 0.15) is 0 Å². The highest BCUT2D eigenvalue weighted by Gasteiger charge is 2.34. The van der Waals surface area contributed by atoms with E-state index in [1.807, 2.05) is 6.08 Å². The molecule has 0 spiro atoms. The summed E-state index contributed by atoms with van der Waals surface area (Å²) in [5.41, 5.74) is 0.135. The van der Waals surface area contributed by atoms with Crippen molar-refractivity contribution in [1.29, 1.82) is 0 Å². The Hall–Kier alpha value is -0.870. The summed E-state index contributed by atoms with van der Waals surface area (Å²) in [6.45, 7) is 11.8. The third-order valence-corrected chi connectivity index (χ3v) is 3.74. The lowest BCUT2D eigenvalue weighted by molar-refractivity contribution is -0.130. The molecule has 1 fully saturated rings. The van der Waals surface area contributed by atoms with Gasteiger partial charge in [0.25, 0.3) is 0 Å². The second-order valence-corrected chi connectivity index (χ2v) is 6.90. The quantitative estimate of drug-likeness (QED) is 0.516. The third kappa shape index (κ3) is 5.63. The second-order valence-electron chi connectivity index (χ2n) is 6.90. The number of nitrogens with zero attached hydrogens (tertiary/aromatic N) is 2. The molecule has 0 radical (unpaired) electrons. The standard InChI is InChI=1S/C16H31N3O/c1-6-10-17-11-9-14-7-8-15(20)19(14)13-16(2,3)12-18(4)5/h6,14,17H,1,7-13H2,2-5H3. The first-order valence-electron chi connectivity index (χ1n) is 7.61. The molecule has 0 aromatic rings. The van der Waals surface area contributed by atoms with Crippen molar-refractivity contribution in [3.63, 3.8) is 0 Å². The van der Waals surface area contributed by atoms with E-state index in [9.17, 15) is 4.79 Å². The van der Waals surface area contributed by atoms with Crippen LogP contribution in [0, 0.1) is 5.41 Å². The maximum absolute atomic E-state index is 12.1. The van der Waals surface area contributed by atoms with Crippen LogP contribution in [-0.4, -0.2) is 62.0 Å². The van der Waals surface area contributed by atoms with Gasteiger partial charge in [-0.1, -0.05) is 19.9 Å². The van der Waals surface area contributed by atoms with Gasteiger partial charge in [-0.25, -0.2) is 0 Å². The molecular formula is C16H31N3O. The van der Waals surface area contributed by atoms with Gasteiger partial charge < -0.3 is 15.1 Å². The molecule has 20 heavy (non-hydrogen) atoms. The average Bonchev–Trinajstić information content (AvgIpc) is 2.65. The van der Waals surface area contributed by atoms with Crippen LogP contribution in [0.1, 0.15) is 33.1 Å². The lowest BCUT2D eigenvalue weighted by Crippen LogP contribution is -2.44. The van der Waals surface area contributed by atoms with Gasteiger partial charge in [0.05, 0.1) is 0 Å². The van der Waals surface area contributed by atoms with Crippen LogP contribution in [-0.2, 0) is 4.79 Å². The van der Waals surface area contributed by atoms with Crippen molar-refractivity contribution in [3.05, 3.63) is 12.7 Å². The molecule has 0 aliphatic carbocycles. The van der Waals surface area contributed by atoms with E-state index in [1.165, 1.54) is 0 Å². The molecule has 1 aliphatic rings. The van der Waals surface area contributed by atoms with Crippen LogP contribution in [0.25, 0.3) is 0 Å². The van der Waals surface area contributed by atoms with Crippen LogP contribution in [0.3, 0.4) is 0 Å². The Morgan fingerprint density at radius 3 is 2.80 bits per heavy atom. The monoisotopic (exact) mass is 281 g/mol. The van der Waals surface area contributed by atoms with E-state index in [1.54, 1.807) is 0 Å². The van der Waals surface area contributed by atoms with Crippen molar-refractivity contribution in [2.75, 3.05) is 40.3 Å². The summed E-state index contributed by atoms with van der Waals surface area (Å²) in [7, 11) is 4.18. The lowest BCUT2D eigenvalue weighted by atomic mass is 9.91. The van der Waals surface area contributed by atoms with Gasteiger partial charge in [-0.05, 0) is 38.9 Å². The van der Waals surface area contributed by atoms with Crippen molar-refractivity contribution >= 4 is 5.91 Å². The Balaban J connectivity index is 2.51. The van der Waals surface area contributed by atoms with Crippen LogP contribution >= 0.6 is 0 Å². The van der Waals surface area contributed by atoms with Crippen molar-refractivity contribution in [2.45, 2.75) is 39.2 Å². The number of hydrogen-bond acceptors (Lipinski definition) is 3. The molecule has 0 aromatic carbocycles. The van der Waals surface area contributed by atoms with Gasteiger partial charge >= 0.3 is 0 Å². The molecule has 4 nitrogen and oxygen atoms in total. The second kappa shape index (κ2) is 7.79. The Morgan fingerprint density at radius 1 is 1.50 bits per heavy atom. The van der Waals surface area contributed by atoms with E-state index in [0.717, 1.165) is 39.0 Å². The van der Waals surface area contributed by atoms with E-state index < -0.39 is 0 Å². The molecule has 116 valence electrons. The molecule has 1 saturated heterocycles. The topological polar surface area (TPSA) is 35.6 Å². The summed E-state index contributed by atoms with van der Waals surface area (Å²) in [6.07, 6.45) is 4.63. The molecule has 1 heterocycles. The first-order valence-corrected chi connectivity index (χ1v) is 7.61. The number of hydrogen-bond donors (Lipinski definition) is 1. The molecule has 1 unspecified atom stereocenters. The fourth-order valence-corrected chi connectivity index (χ4v) is 3.15. The maximum Gasteiger partial charge on any atom is 0.222 e. The van der Waals surface area contributed by atoms with Crippen molar-refractivity contribution in [2.24, 2.45) is 5.41 Å². The van der Waals surface area contributed by atoms with Gasteiger partial charge in [0, 0.05) is 32.1 Å². The number of likely N-dealkylation sites (tertiary alicyclic amines) is 1. The average molecular weight is 281 g/mol. The highest BCUT2D eigenvalue weighted by atomic mass is 16.2. The fourth-order valence-electron chi connectivity index (χ4n) is 3.15. The molecular weight excluding hydrogens is 250 g/mol. The first kappa shape index (κ1) is 17.2. The summed E-state index contributed by atoms with van der Waals surface area (Å²) in [4.78, 5) is 16.4. The number of carbonyl (C=O) groups is 1. The minimum absolute atomic E-state index is 0.135. The van der Waals surface area contributed by atoms with Gasteiger partial charge in [0.15, 0.2) is 0 Å². The smallest absolute Gasteiger partial charge is 0.222 e. The van der Waals surface area contributed by atoms with Crippen LogP contribution < -0.4 is 5.32 Å². The first-order chi connectivity index (χ1) is 9.35. The zero-order chi connectivity index (χ0) is 15.2. The van der Waals surface area contributed by atoms with E-state index in [2.05, 4.69) is 49.6 Å². The molecule has 0 aromatic heterocycles. The van der Waals surface area contributed by atoms with Crippen LogP contribution in [0.2, 0.25) is 0 Å². The third-order valence-electron chi connectivity index (χ3n) is 3.74. The Morgan fingerprint density at radius 2 is 2.20 bits per heavy atom. The molecule has 0 bridgehead atoms. The molecule has 4 heteroatoms. The molecule has 1 rings (SSSR count). The maximum atomic E-state index is 12.1. The van der Waals surface area contributed by atoms with Gasteiger partial charge in [-0.15, -0.1) is 6.58 Å². The number of amides is 1. The summed E-state index contributed by atoms with van der Waals surface area (Å²) >= 11 is 0. The van der Waals surface area contributed by atoms with Crippen LogP contribution in [0.15, 0.2) is 12.7 Å². The normalized spacial score (nSPS) is 19.9. The summed E-state index contributed by atoms with van der Waals surface area (Å²) in [5, 5.41) is 3.33. The van der Waals surface area contributed by atoms with Crippen molar-refractivity contribution in [1.82, 2.24) is 15.1 Å². The molecule has 1 atom stereocenters. The predicted octanol–water partition coefficient (Wildman–Crippen LogP) is 1.73. The number of rotatable bonds is 9. The van der Waals surface area contributed by atoms with Crippen LogP contribution in [0.4, 0.5) is 0 Å². The SMILES string of the molecule is C=CCNCCC1CCC(=O)N1CC(C)(C)CN(C)C. The molecule has 1 aliphatic heterocycles. The Labute approximate surface area is 124 Å². The summed E-state index contributed by atoms with van der Waals surface area (Å²) in [6, 6.07) is 0.404. The lowest BCUT2D eigenvalue weighted by Gasteiger charge is -2.35. The highest BCUT2D eigenvalue weighted by Crippen LogP contribution is 2.27. The molecule has 0 saturated carbocycles. The van der Waals surface area contributed by atoms with Gasteiger partial charge in [0.2, 0.25) is 5.91 Å². The molecule has 1 N–H and O–H groups in total. The van der Waals surface area contributed by atoms with E-state index >= 15 is 0 Å². The number of nitrogens with one attached hydrogen (secondary N) is 1.